The first kappa shape index (κ1) is 21.7. The number of H-pyrrole nitrogens is 1. The van der Waals surface area contributed by atoms with Crippen molar-refractivity contribution in [3.05, 3.63) is 53.1 Å². The number of sulfonamides is 1. The van der Waals surface area contributed by atoms with Crippen molar-refractivity contribution in [2.45, 2.75) is 32.1 Å². The number of hydrogen-bond donors (Lipinski definition) is 2. The molecule has 0 saturated heterocycles. The summed E-state index contributed by atoms with van der Waals surface area (Å²) in [5.74, 6) is 2.21. The number of hydrogen-bond acceptors (Lipinski definition) is 7. The van der Waals surface area contributed by atoms with Crippen molar-refractivity contribution in [3.8, 4) is 5.75 Å². The van der Waals surface area contributed by atoms with Gasteiger partial charge in [0.15, 0.2) is 5.82 Å². The molecule has 0 aliphatic carbocycles. The summed E-state index contributed by atoms with van der Waals surface area (Å²) in [6, 6.07) is 6.87. The molecule has 2 aromatic heterocycles. The first-order valence-electron chi connectivity index (χ1n) is 9.51. The van der Waals surface area contributed by atoms with E-state index >= 15 is 0 Å². The lowest BCUT2D eigenvalue weighted by atomic mass is 10.1. The van der Waals surface area contributed by atoms with Crippen LogP contribution in [0.2, 0.25) is 0 Å². The number of aromatic amines is 1. The van der Waals surface area contributed by atoms with Gasteiger partial charge in [0.2, 0.25) is 10.0 Å². The number of benzene rings is 1. The molecule has 3 rings (SSSR count). The molecule has 3 aromatic rings. The number of rotatable bonds is 8. The molecule has 0 bridgehead atoms. The Morgan fingerprint density at radius 2 is 1.97 bits per heavy atom. The summed E-state index contributed by atoms with van der Waals surface area (Å²) in [5, 5.41) is 10.3. The average molecular weight is 431 g/mol. The maximum atomic E-state index is 12.7. The van der Waals surface area contributed by atoms with E-state index in [1.165, 1.54) is 18.4 Å². The fraction of sp³-hybridized carbons (Fsp3) is 0.350. The zero-order valence-electron chi connectivity index (χ0n) is 17.7. The number of nitrogens with one attached hydrogen (secondary N) is 2. The molecule has 0 atom stereocenters. The summed E-state index contributed by atoms with van der Waals surface area (Å²) < 4.78 is 32.1. The highest BCUT2D eigenvalue weighted by molar-refractivity contribution is 7.89. The molecule has 0 aliphatic heterocycles. The molecule has 0 saturated carbocycles. The van der Waals surface area contributed by atoms with Crippen LogP contribution in [0.5, 0.6) is 5.75 Å². The Bertz CT molecular complexity index is 1140. The van der Waals surface area contributed by atoms with Crippen LogP contribution in [0.1, 0.15) is 29.6 Å². The number of aryl methyl sites for hydroxylation is 1. The van der Waals surface area contributed by atoms with Crippen LogP contribution in [0.15, 0.2) is 35.4 Å². The summed E-state index contributed by atoms with van der Waals surface area (Å²) in [7, 11) is -0.663. The molecule has 2 N–H and O–H groups in total. The molecule has 0 aliphatic rings. The van der Waals surface area contributed by atoms with Crippen LogP contribution >= 0.6 is 0 Å². The first-order chi connectivity index (χ1) is 14.2. The van der Waals surface area contributed by atoms with Crippen LogP contribution in [-0.2, 0) is 16.4 Å². The highest BCUT2D eigenvalue weighted by Gasteiger charge is 2.23. The number of nitrogens with zero attached hydrogens (tertiary/aromatic N) is 4. The molecular formula is C20H26N6O3S. The monoisotopic (exact) mass is 430 g/mol. The van der Waals surface area contributed by atoms with Crippen molar-refractivity contribution in [2.75, 3.05) is 26.0 Å². The average Bonchev–Trinajstić information content (AvgIpc) is 3.01. The lowest BCUT2D eigenvalue weighted by molar-refractivity contribution is 0.330. The lowest BCUT2D eigenvalue weighted by Crippen LogP contribution is -2.23. The van der Waals surface area contributed by atoms with E-state index in [1.54, 1.807) is 24.4 Å². The van der Waals surface area contributed by atoms with Gasteiger partial charge in [-0.25, -0.2) is 22.7 Å². The number of anilines is 2. The van der Waals surface area contributed by atoms with E-state index in [-0.39, 0.29) is 4.90 Å². The van der Waals surface area contributed by atoms with E-state index in [9.17, 15) is 8.42 Å². The third kappa shape index (κ3) is 4.60. The largest absolute Gasteiger partial charge is 0.492 e. The smallest absolute Gasteiger partial charge is 0.246 e. The Balaban J connectivity index is 1.88. The Morgan fingerprint density at radius 3 is 2.60 bits per heavy atom. The van der Waals surface area contributed by atoms with Gasteiger partial charge >= 0.3 is 0 Å². The van der Waals surface area contributed by atoms with Crippen molar-refractivity contribution in [3.63, 3.8) is 0 Å². The third-order valence-corrected chi connectivity index (χ3v) is 6.47. The highest BCUT2D eigenvalue weighted by atomic mass is 32.2. The van der Waals surface area contributed by atoms with Crippen molar-refractivity contribution >= 4 is 21.7 Å². The SMILES string of the molecule is CCOc1ccc(Cc2nccc(Nc3n[nH]c(C)c3C)n2)cc1S(=O)(=O)N(C)C. The summed E-state index contributed by atoms with van der Waals surface area (Å²) in [4.78, 5) is 8.98. The summed E-state index contributed by atoms with van der Waals surface area (Å²) in [6.07, 6.45) is 2.03. The van der Waals surface area contributed by atoms with Crippen molar-refractivity contribution < 1.29 is 13.2 Å². The van der Waals surface area contributed by atoms with Gasteiger partial charge in [-0.1, -0.05) is 6.07 Å². The Hall–Kier alpha value is -2.98. The van der Waals surface area contributed by atoms with Gasteiger partial charge in [-0.3, -0.25) is 5.10 Å². The van der Waals surface area contributed by atoms with Crippen LogP contribution < -0.4 is 10.1 Å². The molecule has 1 aromatic carbocycles. The zero-order chi connectivity index (χ0) is 21.9. The molecule has 0 unspecified atom stereocenters. The van der Waals surface area contributed by atoms with Crippen LogP contribution in [0.25, 0.3) is 0 Å². The van der Waals surface area contributed by atoms with E-state index in [4.69, 9.17) is 4.74 Å². The second-order valence-electron chi connectivity index (χ2n) is 6.98. The van der Waals surface area contributed by atoms with Crippen molar-refractivity contribution in [1.82, 2.24) is 24.5 Å². The maximum Gasteiger partial charge on any atom is 0.246 e. The van der Waals surface area contributed by atoms with Crippen LogP contribution in [-0.4, -0.2) is 53.6 Å². The van der Waals surface area contributed by atoms with Gasteiger partial charge in [0.05, 0.1) is 6.61 Å². The van der Waals surface area contributed by atoms with Gasteiger partial charge in [0, 0.05) is 38.0 Å². The molecule has 160 valence electrons. The predicted octanol–water partition coefficient (Wildman–Crippen LogP) is 2.80. The van der Waals surface area contributed by atoms with E-state index in [2.05, 4.69) is 25.5 Å². The first-order valence-corrected chi connectivity index (χ1v) is 10.9. The molecule has 9 nitrogen and oxygen atoms in total. The van der Waals surface area contributed by atoms with Crippen LogP contribution in [0.4, 0.5) is 11.6 Å². The Labute approximate surface area is 176 Å². The van der Waals surface area contributed by atoms with Crippen LogP contribution in [0, 0.1) is 13.8 Å². The van der Waals surface area contributed by atoms with Gasteiger partial charge in [-0.15, -0.1) is 0 Å². The van der Waals surface area contributed by atoms with Gasteiger partial charge in [0.1, 0.15) is 22.3 Å². The Kier molecular flexibility index (Phi) is 6.37. The van der Waals surface area contributed by atoms with Gasteiger partial charge < -0.3 is 10.1 Å². The quantitative estimate of drug-likeness (QED) is 0.565. The summed E-state index contributed by atoms with van der Waals surface area (Å²) in [6.45, 7) is 6.10. The van der Waals surface area contributed by atoms with E-state index in [0.717, 1.165) is 16.8 Å². The minimum atomic E-state index is -3.65. The predicted molar refractivity (Wildman–Crippen MR) is 115 cm³/mol. The van der Waals surface area contributed by atoms with Crippen molar-refractivity contribution in [2.24, 2.45) is 0 Å². The molecule has 0 amide bonds. The molecular weight excluding hydrogens is 404 g/mol. The standard InChI is InChI=1S/C20H26N6O3S/c1-6-29-16-8-7-15(11-17(16)30(27,28)26(4)5)12-19-21-10-9-18(22-19)23-20-13(2)14(3)24-25-20/h7-11H,6,12H2,1-5H3,(H2,21,22,23,24,25). The second kappa shape index (κ2) is 8.80. The van der Waals surface area contributed by atoms with E-state index in [0.29, 0.717) is 36.2 Å². The minimum absolute atomic E-state index is 0.128. The van der Waals surface area contributed by atoms with E-state index < -0.39 is 10.0 Å². The molecule has 2 heterocycles. The number of aromatic nitrogens is 4. The fourth-order valence-corrected chi connectivity index (χ4v) is 3.87. The third-order valence-electron chi connectivity index (χ3n) is 4.63. The summed E-state index contributed by atoms with van der Waals surface area (Å²) in [5.41, 5.74) is 2.76. The van der Waals surface area contributed by atoms with Gasteiger partial charge in [-0.2, -0.15) is 5.10 Å². The fourth-order valence-electron chi connectivity index (χ4n) is 2.80. The minimum Gasteiger partial charge on any atom is -0.492 e. The molecule has 30 heavy (non-hydrogen) atoms. The van der Waals surface area contributed by atoms with Gasteiger partial charge in [-0.05, 0) is 44.5 Å². The van der Waals surface area contributed by atoms with Gasteiger partial charge in [0.25, 0.3) is 0 Å². The lowest BCUT2D eigenvalue weighted by Gasteiger charge is -2.16. The molecule has 0 spiro atoms. The zero-order valence-corrected chi connectivity index (χ0v) is 18.5. The maximum absolute atomic E-state index is 12.7. The van der Waals surface area contributed by atoms with Crippen LogP contribution in [0.3, 0.4) is 0 Å². The number of ether oxygens (including phenoxy) is 1. The van der Waals surface area contributed by atoms with E-state index in [1.807, 2.05) is 26.8 Å². The second-order valence-corrected chi connectivity index (χ2v) is 9.10. The molecule has 0 fully saturated rings. The normalized spacial score (nSPS) is 11.7. The van der Waals surface area contributed by atoms with Crippen molar-refractivity contribution in [1.29, 1.82) is 0 Å². The highest BCUT2D eigenvalue weighted by Crippen LogP contribution is 2.28. The topological polar surface area (TPSA) is 113 Å². The molecule has 10 heteroatoms. The summed E-state index contributed by atoms with van der Waals surface area (Å²) >= 11 is 0. The molecule has 0 radical (unpaired) electrons. The Morgan fingerprint density at radius 1 is 1.20 bits per heavy atom.